The number of nitrogens with one attached hydrogen (secondary N) is 3. The Labute approximate surface area is 204 Å². The van der Waals surface area contributed by atoms with Crippen molar-refractivity contribution in [3.05, 3.63) is 66.7 Å². The van der Waals surface area contributed by atoms with Gasteiger partial charge in [-0.3, -0.25) is 4.79 Å². The number of hydrogen-bond donors (Lipinski definition) is 3. The van der Waals surface area contributed by atoms with Gasteiger partial charge in [0.25, 0.3) is 5.91 Å². The number of carbonyl (C=O) groups excluding carboxylic acids is 1. The maximum atomic E-state index is 12.6. The van der Waals surface area contributed by atoms with Crippen molar-refractivity contribution in [3.63, 3.8) is 0 Å². The number of hydrogen-bond acceptors (Lipinski definition) is 6. The molecule has 8 heteroatoms. The van der Waals surface area contributed by atoms with Gasteiger partial charge in [-0.2, -0.15) is 0 Å². The molecule has 4 aromatic rings. The number of rotatable bonds is 6. The molecule has 0 unspecified atom stereocenters. The first-order valence-corrected chi connectivity index (χ1v) is 11.8. The maximum absolute atomic E-state index is 12.6. The third-order valence-corrected chi connectivity index (χ3v) is 6.19. The van der Waals surface area contributed by atoms with Crippen LogP contribution >= 0.6 is 0 Å². The van der Waals surface area contributed by atoms with Crippen molar-refractivity contribution in [2.75, 3.05) is 29.9 Å². The SMILES string of the molecule is CC#CCN[C@@H]1CCCN(c2ncnc3[nH]cc(-c4ccc(C(=O)Nc5ccccn5)cc4)c23)C1. The molecule has 1 saturated heterocycles. The summed E-state index contributed by atoms with van der Waals surface area (Å²) in [7, 11) is 0. The van der Waals surface area contributed by atoms with Crippen LogP contribution in [0.4, 0.5) is 11.6 Å². The highest BCUT2D eigenvalue weighted by atomic mass is 16.1. The Balaban J connectivity index is 1.39. The molecule has 0 spiro atoms. The minimum atomic E-state index is -0.196. The van der Waals surface area contributed by atoms with Crippen LogP contribution in [-0.2, 0) is 0 Å². The number of fused-ring (bicyclic) bond motifs is 1. The fourth-order valence-corrected chi connectivity index (χ4v) is 4.46. The third-order valence-electron chi connectivity index (χ3n) is 6.19. The van der Waals surface area contributed by atoms with Crippen LogP contribution in [0.25, 0.3) is 22.2 Å². The fourth-order valence-electron chi connectivity index (χ4n) is 4.46. The number of pyridine rings is 1. The van der Waals surface area contributed by atoms with E-state index in [0.29, 0.717) is 24.0 Å². The number of aromatic nitrogens is 4. The van der Waals surface area contributed by atoms with Gasteiger partial charge in [0.1, 0.15) is 23.6 Å². The summed E-state index contributed by atoms with van der Waals surface area (Å²) in [6.07, 6.45) is 7.43. The van der Waals surface area contributed by atoms with Crippen molar-refractivity contribution in [1.29, 1.82) is 0 Å². The molecular formula is C27H27N7O. The smallest absolute Gasteiger partial charge is 0.256 e. The second-order valence-electron chi connectivity index (χ2n) is 8.46. The van der Waals surface area contributed by atoms with Gasteiger partial charge in [-0.1, -0.05) is 24.1 Å². The Kier molecular flexibility index (Phi) is 6.68. The molecule has 1 aromatic carbocycles. The van der Waals surface area contributed by atoms with Crippen molar-refractivity contribution in [3.8, 4) is 23.0 Å². The lowest BCUT2D eigenvalue weighted by atomic mass is 10.0. The largest absolute Gasteiger partial charge is 0.354 e. The minimum Gasteiger partial charge on any atom is -0.354 e. The topological polar surface area (TPSA) is 98.8 Å². The molecular weight excluding hydrogens is 438 g/mol. The van der Waals surface area contributed by atoms with Gasteiger partial charge in [-0.15, -0.1) is 5.92 Å². The van der Waals surface area contributed by atoms with Crippen LogP contribution in [0.1, 0.15) is 30.1 Å². The lowest BCUT2D eigenvalue weighted by molar-refractivity contribution is 0.102. The van der Waals surface area contributed by atoms with E-state index in [1.165, 1.54) is 0 Å². The second kappa shape index (κ2) is 10.4. The lowest BCUT2D eigenvalue weighted by Gasteiger charge is -2.34. The monoisotopic (exact) mass is 465 g/mol. The van der Waals surface area contributed by atoms with Crippen molar-refractivity contribution in [1.82, 2.24) is 25.3 Å². The van der Waals surface area contributed by atoms with Gasteiger partial charge in [0.15, 0.2) is 0 Å². The van der Waals surface area contributed by atoms with Crippen LogP contribution < -0.4 is 15.5 Å². The first-order valence-electron chi connectivity index (χ1n) is 11.8. The van der Waals surface area contributed by atoms with Crippen molar-refractivity contribution < 1.29 is 4.79 Å². The molecule has 0 bridgehead atoms. The van der Waals surface area contributed by atoms with Crippen LogP contribution in [0, 0.1) is 11.8 Å². The van der Waals surface area contributed by atoms with Crippen molar-refractivity contribution >= 4 is 28.6 Å². The van der Waals surface area contributed by atoms with Crippen LogP contribution in [0.5, 0.6) is 0 Å². The first-order chi connectivity index (χ1) is 17.2. The predicted octanol–water partition coefficient (Wildman–Crippen LogP) is 3.85. The summed E-state index contributed by atoms with van der Waals surface area (Å²) in [5.41, 5.74) is 3.37. The van der Waals surface area contributed by atoms with E-state index < -0.39 is 0 Å². The molecule has 35 heavy (non-hydrogen) atoms. The van der Waals surface area contributed by atoms with Crippen LogP contribution in [-0.4, -0.2) is 51.5 Å². The molecule has 1 amide bonds. The fraction of sp³-hybridized carbons (Fsp3) is 0.259. The van der Waals surface area contributed by atoms with Crippen molar-refractivity contribution in [2.45, 2.75) is 25.8 Å². The number of H-pyrrole nitrogens is 1. The molecule has 4 heterocycles. The zero-order valence-corrected chi connectivity index (χ0v) is 19.6. The zero-order chi connectivity index (χ0) is 24.0. The Hall–Kier alpha value is -4.22. The molecule has 0 radical (unpaired) electrons. The lowest BCUT2D eigenvalue weighted by Crippen LogP contribution is -2.46. The van der Waals surface area contributed by atoms with Gasteiger partial charge in [-0.05, 0) is 49.6 Å². The molecule has 3 N–H and O–H groups in total. The maximum Gasteiger partial charge on any atom is 0.256 e. The predicted molar refractivity (Wildman–Crippen MR) is 138 cm³/mol. The molecule has 0 aliphatic carbocycles. The van der Waals surface area contributed by atoms with E-state index in [1.807, 2.05) is 49.5 Å². The van der Waals surface area contributed by atoms with E-state index in [1.54, 1.807) is 18.6 Å². The average molecular weight is 466 g/mol. The van der Waals surface area contributed by atoms with Crippen LogP contribution in [0.2, 0.25) is 0 Å². The number of anilines is 2. The standard InChI is InChI=1S/C27H27N7O/c1-2-3-13-28-21-7-6-15-34(17-21)26-24-22(16-30-25(24)31-18-32-26)19-9-11-20(12-10-19)27(35)33-23-8-4-5-14-29-23/h4-5,8-12,14,16,18,21,28H,6-7,13,15,17H2,1H3,(H,29,33,35)(H,30,31,32)/t21-/m1/s1. The van der Waals surface area contributed by atoms with Crippen molar-refractivity contribution in [2.24, 2.45) is 0 Å². The van der Waals surface area contributed by atoms with Crippen LogP contribution in [0.3, 0.4) is 0 Å². The number of nitrogens with zero attached hydrogens (tertiary/aromatic N) is 4. The molecule has 176 valence electrons. The highest BCUT2D eigenvalue weighted by Gasteiger charge is 2.24. The van der Waals surface area contributed by atoms with Gasteiger partial charge < -0.3 is 20.5 Å². The molecule has 1 fully saturated rings. The molecule has 8 nitrogen and oxygen atoms in total. The second-order valence-corrected chi connectivity index (χ2v) is 8.46. The van der Waals surface area contributed by atoms with Gasteiger partial charge >= 0.3 is 0 Å². The summed E-state index contributed by atoms with van der Waals surface area (Å²) in [6.45, 7) is 4.37. The van der Waals surface area contributed by atoms with E-state index >= 15 is 0 Å². The van der Waals surface area contributed by atoms with Gasteiger partial charge in [0.05, 0.1) is 11.9 Å². The zero-order valence-electron chi connectivity index (χ0n) is 19.6. The Morgan fingerprint density at radius 3 is 2.86 bits per heavy atom. The number of aromatic amines is 1. The van der Waals surface area contributed by atoms with E-state index in [2.05, 4.69) is 47.3 Å². The molecule has 1 aliphatic heterocycles. The minimum absolute atomic E-state index is 0.196. The van der Waals surface area contributed by atoms with E-state index in [4.69, 9.17) is 0 Å². The Morgan fingerprint density at radius 1 is 1.17 bits per heavy atom. The quantitative estimate of drug-likeness (QED) is 0.374. The number of piperidine rings is 1. The number of amides is 1. The van der Waals surface area contributed by atoms with Gasteiger partial charge in [0, 0.05) is 42.7 Å². The molecule has 0 saturated carbocycles. The summed E-state index contributed by atoms with van der Waals surface area (Å²) >= 11 is 0. The average Bonchev–Trinajstić information content (AvgIpc) is 3.34. The van der Waals surface area contributed by atoms with E-state index in [9.17, 15) is 4.79 Å². The van der Waals surface area contributed by atoms with Gasteiger partial charge in [-0.25, -0.2) is 15.0 Å². The number of carbonyl (C=O) groups is 1. The Bertz CT molecular complexity index is 1370. The highest BCUT2D eigenvalue weighted by molar-refractivity contribution is 6.05. The van der Waals surface area contributed by atoms with E-state index in [0.717, 1.165) is 53.9 Å². The summed E-state index contributed by atoms with van der Waals surface area (Å²) in [5, 5.41) is 7.35. The molecule has 1 aliphatic rings. The van der Waals surface area contributed by atoms with Crippen LogP contribution in [0.15, 0.2) is 61.2 Å². The van der Waals surface area contributed by atoms with Gasteiger partial charge in [0.2, 0.25) is 0 Å². The summed E-state index contributed by atoms with van der Waals surface area (Å²) in [5.74, 6) is 7.29. The normalized spacial score (nSPS) is 15.5. The Morgan fingerprint density at radius 2 is 2.06 bits per heavy atom. The first kappa shape index (κ1) is 22.6. The number of benzene rings is 1. The van der Waals surface area contributed by atoms with E-state index in [-0.39, 0.29) is 5.91 Å². The summed E-state index contributed by atoms with van der Waals surface area (Å²) < 4.78 is 0. The summed E-state index contributed by atoms with van der Waals surface area (Å²) in [6, 6.07) is 13.3. The third kappa shape index (κ3) is 5.00. The molecule has 1 atom stereocenters. The molecule has 5 rings (SSSR count). The highest BCUT2D eigenvalue weighted by Crippen LogP contribution is 2.34. The molecule has 3 aromatic heterocycles. The summed E-state index contributed by atoms with van der Waals surface area (Å²) in [4.78, 5) is 31.5.